The zero-order chi connectivity index (χ0) is 18.5. The Labute approximate surface area is 156 Å². The predicted octanol–water partition coefficient (Wildman–Crippen LogP) is 2.81. The van der Waals surface area contributed by atoms with Crippen LogP contribution in [0.4, 0.5) is 5.82 Å². The molecule has 3 rings (SSSR count). The van der Waals surface area contributed by atoms with Crippen LogP contribution in [0.5, 0.6) is 5.75 Å². The van der Waals surface area contributed by atoms with E-state index < -0.39 is 0 Å². The summed E-state index contributed by atoms with van der Waals surface area (Å²) in [5, 5.41) is 8.29. The van der Waals surface area contributed by atoms with Crippen molar-refractivity contribution >= 4 is 5.82 Å². The van der Waals surface area contributed by atoms with Crippen molar-refractivity contribution in [2.45, 2.75) is 33.4 Å². The molecule has 142 valence electrons. The van der Waals surface area contributed by atoms with Gasteiger partial charge in [0.2, 0.25) is 0 Å². The summed E-state index contributed by atoms with van der Waals surface area (Å²) in [4.78, 5) is 2.38. The van der Waals surface area contributed by atoms with Crippen LogP contribution in [0.1, 0.15) is 36.7 Å². The lowest BCUT2D eigenvalue weighted by molar-refractivity contribution is 0.122. The first kappa shape index (κ1) is 18.7. The summed E-state index contributed by atoms with van der Waals surface area (Å²) in [5.41, 5.74) is 3.61. The average Bonchev–Trinajstić information content (AvgIpc) is 2.94. The quantitative estimate of drug-likeness (QED) is 0.825. The van der Waals surface area contributed by atoms with Crippen molar-refractivity contribution in [2.75, 3.05) is 37.8 Å². The fourth-order valence-corrected chi connectivity index (χ4v) is 3.46. The van der Waals surface area contributed by atoms with Gasteiger partial charge in [-0.15, -0.1) is 0 Å². The maximum Gasteiger partial charge on any atom is 0.131 e. The Kier molecular flexibility index (Phi) is 6.16. The van der Waals surface area contributed by atoms with Crippen molar-refractivity contribution in [1.29, 1.82) is 0 Å². The number of anilines is 1. The molecular weight excluding hydrogens is 328 g/mol. The number of benzene rings is 1. The fourth-order valence-electron chi connectivity index (χ4n) is 3.46. The molecule has 0 radical (unpaired) electrons. The monoisotopic (exact) mass is 358 g/mol. The molecule has 6 nitrogen and oxygen atoms in total. The van der Waals surface area contributed by atoms with Crippen molar-refractivity contribution in [2.24, 2.45) is 7.05 Å². The lowest BCUT2D eigenvalue weighted by Crippen LogP contribution is -2.38. The molecule has 1 N–H and O–H groups in total. The first-order valence-electron chi connectivity index (χ1n) is 9.41. The van der Waals surface area contributed by atoms with Crippen LogP contribution in [0.2, 0.25) is 0 Å². The molecule has 2 aromatic rings. The standard InChI is InChI=1S/C20H30N4O2/c1-5-26-18-8-6-17(7-9-18)15(2)21-14-19-16(3)22-23(4)20(19)24-10-12-25-13-11-24/h6-9,15,21H,5,10-14H2,1-4H3. The number of aromatic nitrogens is 2. The second-order valence-electron chi connectivity index (χ2n) is 6.72. The number of ether oxygens (including phenoxy) is 2. The van der Waals surface area contributed by atoms with Gasteiger partial charge in [-0.05, 0) is 38.5 Å². The van der Waals surface area contributed by atoms with Gasteiger partial charge in [0, 0.05) is 38.3 Å². The summed E-state index contributed by atoms with van der Waals surface area (Å²) >= 11 is 0. The molecule has 2 heterocycles. The van der Waals surface area contributed by atoms with Gasteiger partial charge in [0.25, 0.3) is 0 Å². The van der Waals surface area contributed by atoms with E-state index in [0.717, 1.165) is 44.3 Å². The molecule has 1 atom stereocenters. The maximum atomic E-state index is 5.52. The minimum absolute atomic E-state index is 0.253. The van der Waals surface area contributed by atoms with E-state index in [1.165, 1.54) is 16.9 Å². The number of rotatable bonds is 7. The Morgan fingerprint density at radius 1 is 1.23 bits per heavy atom. The third kappa shape index (κ3) is 4.19. The Morgan fingerprint density at radius 3 is 2.58 bits per heavy atom. The average molecular weight is 358 g/mol. The number of nitrogens with one attached hydrogen (secondary N) is 1. The van der Waals surface area contributed by atoms with E-state index in [-0.39, 0.29) is 6.04 Å². The molecule has 0 saturated carbocycles. The second-order valence-corrected chi connectivity index (χ2v) is 6.72. The first-order valence-corrected chi connectivity index (χ1v) is 9.41. The topological polar surface area (TPSA) is 51.5 Å². The Balaban J connectivity index is 1.68. The van der Waals surface area contributed by atoms with Crippen LogP contribution in [0.15, 0.2) is 24.3 Å². The summed E-state index contributed by atoms with van der Waals surface area (Å²) in [7, 11) is 2.02. The molecule has 1 aromatic heterocycles. The van der Waals surface area contributed by atoms with Gasteiger partial charge in [0.05, 0.1) is 25.5 Å². The molecule has 1 fully saturated rings. The molecule has 1 aliphatic rings. The van der Waals surface area contributed by atoms with E-state index in [4.69, 9.17) is 9.47 Å². The smallest absolute Gasteiger partial charge is 0.131 e. The van der Waals surface area contributed by atoms with Crippen LogP contribution in [-0.2, 0) is 18.3 Å². The number of morpholine rings is 1. The highest BCUT2D eigenvalue weighted by atomic mass is 16.5. The van der Waals surface area contributed by atoms with Crippen molar-refractivity contribution in [3.8, 4) is 5.75 Å². The normalized spacial score (nSPS) is 15.9. The third-order valence-corrected chi connectivity index (χ3v) is 4.90. The van der Waals surface area contributed by atoms with Crippen molar-refractivity contribution < 1.29 is 9.47 Å². The number of aryl methyl sites for hydroxylation is 2. The predicted molar refractivity (Wildman–Crippen MR) is 104 cm³/mol. The van der Waals surface area contributed by atoms with Crippen LogP contribution in [0.3, 0.4) is 0 Å². The highest BCUT2D eigenvalue weighted by Crippen LogP contribution is 2.25. The molecule has 1 aliphatic heterocycles. The van der Waals surface area contributed by atoms with Gasteiger partial charge in [-0.25, -0.2) is 0 Å². The Morgan fingerprint density at radius 2 is 1.92 bits per heavy atom. The molecule has 0 spiro atoms. The summed E-state index contributed by atoms with van der Waals surface area (Å²) in [6, 6.07) is 8.57. The second kappa shape index (κ2) is 8.56. The van der Waals surface area contributed by atoms with E-state index in [1.54, 1.807) is 0 Å². The molecule has 1 aromatic carbocycles. The van der Waals surface area contributed by atoms with Crippen LogP contribution < -0.4 is 15.0 Å². The largest absolute Gasteiger partial charge is 0.494 e. The molecule has 1 saturated heterocycles. The summed E-state index contributed by atoms with van der Waals surface area (Å²) in [5.74, 6) is 2.12. The van der Waals surface area contributed by atoms with Gasteiger partial charge in [0.15, 0.2) is 0 Å². The highest BCUT2D eigenvalue weighted by molar-refractivity contribution is 5.50. The van der Waals surface area contributed by atoms with E-state index in [1.807, 2.05) is 30.8 Å². The number of nitrogens with zero attached hydrogens (tertiary/aromatic N) is 3. The SMILES string of the molecule is CCOc1ccc(C(C)NCc2c(C)nn(C)c2N2CCOCC2)cc1. The van der Waals surface area contributed by atoms with Gasteiger partial charge in [-0.2, -0.15) is 5.10 Å². The van der Waals surface area contributed by atoms with Crippen molar-refractivity contribution in [3.05, 3.63) is 41.1 Å². The highest BCUT2D eigenvalue weighted by Gasteiger charge is 2.21. The molecule has 0 amide bonds. The minimum Gasteiger partial charge on any atom is -0.494 e. The minimum atomic E-state index is 0.253. The number of hydrogen-bond donors (Lipinski definition) is 1. The lowest BCUT2D eigenvalue weighted by atomic mass is 10.1. The zero-order valence-electron chi connectivity index (χ0n) is 16.3. The summed E-state index contributed by atoms with van der Waals surface area (Å²) in [6.07, 6.45) is 0. The van der Waals surface area contributed by atoms with Gasteiger partial charge < -0.3 is 19.7 Å². The molecule has 0 bridgehead atoms. The van der Waals surface area contributed by atoms with Crippen LogP contribution >= 0.6 is 0 Å². The maximum absolute atomic E-state index is 5.52. The zero-order valence-corrected chi connectivity index (χ0v) is 16.3. The van der Waals surface area contributed by atoms with E-state index >= 15 is 0 Å². The number of hydrogen-bond acceptors (Lipinski definition) is 5. The van der Waals surface area contributed by atoms with Gasteiger partial charge >= 0.3 is 0 Å². The lowest BCUT2D eigenvalue weighted by Gasteiger charge is -2.30. The van der Waals surface area contributed by atoms with Crippen molar-refractivity contribution in [3.63, 3.8) is 0 Å². The Hall–Kier alpha value is -2.05. The molecule has 1 unspecified atom stereocenters. The van der Waals surface area contributed by atoms with Crippen LogP contribution in [0, 0.1) is 6.92 Å². The van der Waals surface area contributed by atoms with E-state index in [0.29, 0.717) is 6.61 Å². The fraction of sp³-hybridized carbons (Fsp3) is 0.550. The molecule has 26 heavy (non-hydrogen) atoms. The summed E-state index contributed by atoms with van der Waals surface area (Å²) in [6.45, 7) is 11.2. The Bertz CT molecular complexity index is 705. The van der Waals surface area contributed by atoms with Gasteiger partial charge in [-0.1, -0.05) is 12.1 Å². The van der Waals surface area contributed by atoms with E-state index in [2.05, 4.69) is 41.3 Å². The van der Waals surface area contributed by atoms with Crippen molar-refractivity contribution in [1.82, 2.24) is 15.1 Å². The third-order valence-electron chi connectivity index (χ3n) is 4.90. The van der Waals surface area contributed by atoms with Crippen LogP contribution in [0.25, 0.3) is 0 Å². The summed E-state index contributed by atoms with van der Waals surface area (Å²) < 4.78 is 13.0. The molecule has 6 heteroatoms. The van der Waals surface area contributed by atoms with Gasteiger partial charge in [0.1, 0.15) is 11.6 Å². The molecular formula is C20H30N4O2. The van der Waals surface area contributed by atoms with Gasteiger partial charge in [-0.3, -0.25) is 4.68 Å². The molecule has 0 aliphatic carbocycles. The first-order chi connectivity index (χ1) is 12.6. The van der Waals surface area contributed by atoms with E-state index in [9.17, 15) is 0 Å². The van der Waals surface area contributed by atoms with Crippen LogP contribution in [-0.4, -0.2) is 42.7 Å².